The van der Waals surface area contributed by atoms with Gasteiger partial charge in [0, 0.05) is 17.4 Å². The Morgan fingerprint density at radius 2 is 2.07 bits per heavy atom. The van der Waals surface area contributed by atoms with Crippen molar-refractivity contribution >= 4 is 39.4 Å². The van der Waals surface area contributed by atoms with Crippen molar-refractivity contribution in [3.8, 4) is 0 Å². The highest BCUT2D eigenvalue weighted by Gasteiger charge is 2.13. The third-order valence-electron chi connectivity index (χ3n) is 3.87. The van der Waals surface area contributed by atoms with Gasteiger partial charge in [-0.05, 0) is 39.7 Å². The van der Waals surface area contributed by atoms with Gasteiger partial charge in [-0.1, -0.05) is 17.7 Å². The van der Waals surface area contributed by atoms with Crippen LogP contribution in [0.5, 0.6) is 0 Å². The van der Waals surface area contributed by atoms with E-state index in [1.165, 1.54) is 23.1 Å². The van der Waals surface area contributed by atoms with Gasteiger partial charge in [0.05, 0.1) is 17.2 Å². The molecule has 0 aliphatic carbocycles. The first-order valence-corrected chi connectivity index (χ1v) is 9.49. The number of aromatic nitrogens is 7. The molecule has 4 aromatic rings. The number of halogens is 3. The second-order valence-electron chi connectivity index (χ2n) is 6.04. The summed E-state index contributed by atoms with van der Waals surface area (Å²) in [6.45, 7) is 0.653. The van der Waals surface area contributed by atoms with Crippen LogP contribution in [0.1, 0.15) is 16.1 Å². The molecule has 0 spiro atoms. The van der Waals surface area contributed by atoms with E-state index in [0.717, 1.165) is 4.47 Å². The highest BCUT2D eigenvalue weighted by atomic mass is 79.9. The van der Waals surface area contributed by atoms with Crippen LogP contribution in [0.3, 0.4) is 0 Å². The molecule has 1 N–H and O–H groups in total. The van der Waals surface area contributed by atoms with E-state index in [0.29, 0.717) is 17.3 Å². The van der Waals surface area contributed by atoms with Crippen molar-refractivity contribution < 1.29 is 9.18 Å². The number of hydrogen-bond acceptors (Lipinski definition) is 5. The van der Waals surface area contributed by atoms with Gasteiger partial charge in [-0.15, -0.1) is 5.10 Å². The van der Waals surface area contributed by atoms with E-state index in [-0.39, 0.29) is 18.2 Å². The van der Waals surface area contributed by atoms with E-state index in [1.54, 1.807) is 40.1 Å². The summed E-state index contributed by atoms with van der Waals surface area (Å²) in [6, 6.07) is 5.71. The maximum atomic E-state index is 13.1. The number of carbonyl (C=O) groups is 1. The van der Waals surface area contributed by atoms with Crippen LogP contribution in [0.2, 0.25) is 5.02 Å². The molecule has 1 amide bonds. The summed E-state index contributed by atoms with van der Waals surface area (Å²) in [5.74, 6) is -0.730. The fourth-order valence-corrected chi connectivity index (χ4v) is 3.10. The minimum atomic E-state index is -0.442. The molecule has 148 valence electrons. The molecule has 1 aromatic carbocycles. The Morgan fingerprint density at radius 1 is 1.21 bits per heavy atom. The summed E-state index contributed by atoms with van der Waals surface area (Å²) in [6.07, 6.45) is 6.58. The summed E-state index contributed by atoms with van der Waals surface area (Å²) in [4.78, 5) is 16.4. The first kappa shape index (κ1) is 19.3. The van der Waals surface area contributed by atoms with Crippen LogP contribution in [0.25, 0.3) is 0 Å². The minimum absolute atomic E-state index is 0.124. The van der Waals surface area contributed by atoms with Crippen LogP contribution in [0.15, 0.2) is 53.7 Å². The van der Waals surface area contributed by atoms with Gasteiger partial charge in [-0.3, -0.25) is 14.8 Å². The number of rotatable bonds is 6. The molecule has 3 aromatic heterocycles. The highest BCUT2D eigenvalue weighted by Crippen LogP contribution is 2.18. The standard InChI is InChI=1S/C17H13BrClFN8O/c18-12-6-22-28(8-12)10-26-4-3-15(24-26)16(29)23-17-21-9-27(25-17)7-11-1-2-13(20)5-14(11)19/h1-6,8-9H,7,10H2,(H,23,25,29). The van der Waals surface area contributed by atoms with Crippen molar-refractivity contribution in [1.29, 1.82) is 0 Å². The van der Waals surface area contributed by atoms with E-state index in [9.17, 15) is 9.18 Å². The molecule has 0 fully saturated rings. The van der Waals surface area contributed by atoms with Crippen molar-refractivity contribution in [2.45, 2.75) is 13.2 Å². The first-order valence-electron chi connectivity index (χ1n) is 8.32. The lowest BCUT2D eigenvalue weighted by atomic mass is 10.2. The monoisotopic (exact) mass is 478 g/mol. The molecule has 0 aliphatic rings. The number of anilines is 1. The lowest BCUT2D eigenvalue weighted by Crippen LogP contribution is -2.16. The SMILES string of the molecule is O=C(Nc1ncn(Cc2ccc(F)cc2Cl)n1)c1ccn(Cn2cc(Br)cn2)n1. The Balaban J connectivity index is 1.39. The van der Waals surface area contributed by atoms with Gasteiger partial charge in [-0.2, -0.15) is 10.2 Å². The molecule has 3 heterocycles. The van der Waals surface area contributed by atoms with E-state index < -0.39 is 11.7 Å². The number of nitrogens with zero attached hydrogens (tertiary/aromatic N) is 7. The quantitative estimate of drug-likeness (QED) is 0.459. The zero-order valence-corrected chi connectivity index (χ0v) is 17.0. The Bertz CT molecular complexity index is 1170. The Labute approximate surface area is 177 Å². The van der Waals surface area contributed by atoms with E-state index in [1.807, 2.05) is 0 Å². The van der Waals surface area contributed by atoms with Crippen LogP contribution in [-0.2, 0) is 13.2 Å². The van der Waals surface area contributed by atoms with Crippen LogP contribution in [0.4, 0.5) is 10.3 Å². The maximum absolute atomic E-state index is 13.1. The predicted molar refractivity (Wildman–Crippen MR) is 106 cm³/mol. The molecule has 12 heteroatoms. The zero-order valence-electron chi connectivity index (χ0n) is 14.7. The maximum Gasteiger partial charge on any atom is 0.278 e. The van der Waals surface area contributed by atoms with Gasteiger partial charge in [0.15, 0.2) is 5.69 Å². The average Bonchev–Trinajstić information content (AvgIpc) is 3.40. The molecule has 4 rings (SSSR count). The molecule has 0 atom stereocenters. The molecule has 0 aliphatic heterocycles. The number of nitrogens with one attached hydrogen (secondary N) is 1. The fourth-order valence-electron chi connectivity index (χ4n) is 2.54. The molecule has 0 radical (unpaired) electrons. The normalized spacial score (nSPS) is 11.0. The van der Waals surface area contributed by atoms with Crippen LogP contribution in [0, 0.1) is 5.82 Å². The summed E-state index contributed by atoms with van der Waals surface area (Å²) >= 11 is 9.35. The van der Waals surface area contributed by atoms with Gasteiger partial charge >= 0.3 is 0 Å². The highest BCUT2D eigenvalue weighted by molar-refractivity contribution is 9.10. The lowest BCUT2D eigenvalue weighted by molar-refractivity contribution is 0.102. The summed E-state index contributed by atoms with van der Waals surface area (Å²) in [7, 11) is 0. The Hall–Kier alpha value is -3.05. The number of hydrogen-bond donors (Lipinski definition) is 1. The van der Waals surface area contributed by atoms with E-state index in [2.05, 4.69) is 41.5 Å². The van der Waals surface area contributed by atoms with Crippen molar-refractivity contribution in [3.05, 3.63) is 75.8 Å². The van der Waals surface area contributed by atoms with Crippen LogP contribution < -0.4 is 5.32 Å². The first-order chi connectivity index (χ1) is 14.0. The zero-order chi connectivity index (χ0) is 20.4. The molecular weight excluding hydrogens is 467 g/mol. The average molecular weight is 480 g/mol. The van der Waals surface area contributed by atoms with Crippen molar-refractivity contribution in [2.75, 3.05) is 5.32 Å². The van der Waals surface area contributed by atoms with Gasteiger partial charge in [0.25, 0.3) is 5.91 Å². The molecule has 0 unspecified atom stereocenters. The summed E-state index contributed by atoms with van der Waals surface area (Å²) in [5, 5.41) is 15.4. The minimum Gasteiger partial charge on any atom is -0.288 e. The number of amides is 1. The van der Waals surface area contributed by atoms with Crippen molar-refractivity contribution in [1.82, 2.24) is 34.3 Å². The molecule has 0 saturated heterocycles. The van der Waals surface area contributed by atoms with Gasteiger partial charge < -0.3 is 0 Å². The fraction of sp³-hybridized carbons (Fsp3) is 0.118. The predicted octanol–water partition coefficient (Wildman–Crippen LogP) is 3.03. The van der Waals surface area contributed by atoms with E-state index in [4.69, 9.17) is 11.6 Å². The molecule has 9 nitrogen and oxygen atoms in total. The lowest BCUT2D eigenvalue weighted by Gasteiger charge is -2.04. The smallest absolute Gasteiger partial charge is 0.278 e. The van der Waals surface area contributed by atoms with Crippen molar-refractivity contribution in [3.63, 3.8) is 0 Å². The third-order valence-corrected chi connectivity index (χ3v) is 4.64. The van der Waals surface area contributed by atoms with Gasteiger partial charge in [-0.25, -0.2) is 18.7 Å². The Kier molecular flexibility index (Phi) is 5.41. The summed E-state index contributed by atoms with van der Waals surface area (Å²) in [5.41, 5.74) is 0.897. The van der Waals surface area contributed by atoms with Crippen molar-refractivity contribution in [2.24, 2.45) is 0 Å². The number of carbonyl (C=O) groups excluding carboxylic acids is 1. The molecule has 0 saturated carbocycles. The second-order valence-corrected chi connectivity index (χ2v) is 7.36. The van der Waals surface area contributed by atoms with E-state index >= 15 is 0 Å². The molecular formula is C17H13BrClFN8O. The van der Waals surface area contributed by atoms with Gasteiger partial charge in [0.1, 0.15) is 18.8 Å². The third kappa shape index (κ3) is 4.69. The second kappa shape index (κ2) is 8.13. The number of benzene rings is 1. The summed E-state index contributed by atoms with van der Waals surface area (Å²) < 4.78 is 18.7. The van der Waals surface area contributed by atoms with Gasteiger partial charge in [0.2, 0.25) is 5.95 Å². The molecule has 0 bridgehead atoms. The molecule has 29 heavy (non-hydrogen) atoms. The van der Waals surface area contributed by atoms with Crippen LogP contribution >= 0.6 is 27.5 Å². The topological polar surface area (TPSA) is 95.5 Å². The van der Waals surface area contributed by atoms with Crippen LogP contribution in [-0.4, -0.2) is 40.2 Å². The largest absolute Gasteiger partial charge is 0.288 e. The Morgan fingerprint density at radius 3 is 2.83 bits per heavy atom.